The van der Waals surface area contributed by atoms with Crippen LogP contribution in [0.4, 0.5) is 5.69 Å². The Morgan fingerprint density at radius 2 is 2.06 bits per heavy atom. The van der Waals surface area contributed by atoms with Crippen LogP contribution in [0.25, 0.3) is 0 Å². The van der Waals surface area contributed by atoms with E-state index in [1.807, 2.05) is 0 Å². The lowest BCUT2D eigenvalue weighted by molar-refractivity contribution is -0.117. The van der Waals surface area contributed by atoms with E-state index < -0.39 is 5.91 Å². The first-order valence-electron chi connectivity index (χ1n) is 4.62. The fourth-order valence-electron chi connectivity index (χ4n) is 1.09. The van der Waals surface area contributed by atoms with Crippen LogP contribution in [0.15, 0.2) is 22.7 Å². The molecule has 1 aromatic rings. The van der Waals surface area contributed by atoms with Gasteiger partial charge in [-0.1, -0.05) is 0 Å². The number of anilines is 1. The zero-order valence-corrected chi connectivity index (χ0v) is 10.1. The van der Waals surface area contributed by atoms with E-state index in [-0.39, 0.29) is 18.9 Å². The summed E-state index contributed by atoms with van der Waals surface area (Å²) < 4.78 is 0.737. The molecule has 16 heavy (non-hydrogen) atoms. The van der Waals surface area contributed by atoms with E-state index in [1.54, 1.807) is 18.2 Å². The number of nitrogens with one attached hydrogen (secondary N) is 1. The molecule has 0 bridgehead atoms. The average Bonchev–Trinajstić information content (AvgIpc) is 2.21. The Morgan fingerprint density at radius 3 is 2.62 bits per heavy atom. The number of carbonyl (C=O) groups excluding carboxylic acids is 2. The molecule has 1 aromatic carbocycles. The van der Waals surface area contributed by atoms with E-state index in [0.717, 1.165) is 4.47 Å². The first kappa shape index (κ1) is 12.5. The topological polar surface area (TPSA) is 98.2 Å². The van der Waals surface area contributed by atoms with Crippen LogP contribution in [-0.2, 0) is 4.79 Å². The predicted octanol–water partition coefficient (Wildman–Crippen LogP) is 0.636. The molecule has 0 aliphatic carbocycles. The maximum atomic E-state index is 11.6. The Kier molecular flexibility index (Phi) is 4.30. The monoisotopic (exact) mass is 285 g/mol. The molecule has 0 radical (unpaired) electrons. The van der Waals surface area contributed by atoms with Crippen LogP contribution in [0.1, 0.15) is 16.8 Å². The van der Waals surface area contributed by atoms with Gasteiger partial charge in [-0.2, -0.15) is 0 Å². The summed E-state index contributed by atoms with van der Waals surface area (Å²) in [6.45, 7) is 0.226. The third kappa shape index (κ3) is 3.54. The molecule has 0 atom stereocenters. The number of carbonyl (C=O) groups is 2. The maximum absolute atomic E-state index is 11.6. The summed E-state index contributed by atoms with van der Waals surface area (Å²) in [6.07, 6.45) is 0.123. The molecule has 2 amide bonds. The Labute approximate surface area is 101 Å². The number of hydrogen-bond acceptors (Lipinski definition) is 3. The molecule has 0 heterocycles. The van der Waals surface area contributed by atoms with Gasteiger partial charge in [0.1, 0.15) is 0 Å². The molecule has 0 aliphatic rings. The van der Waals surface area contributed by atoms with Crippen molar-refractivity contribution < 1.29 is 9.59 Å². The number of nitrogens with two attached hydrogens (primary N) is 2. The van der Waals surface area contributed by atoms with Crippen molar-refractivity contribution in [1.82, 2.24) is 5.32 Å². The molecule has 1 rings (SSSR count). The number of halogens is 1. The highest BCUT2D eigenvalue weighted by Gasteiger charge is 2.07. The SMILES string of the molecule is NC(=O)CCNC(=O)c1ccc(Br)c(N)c1. The second kappa shape index (κ2) is 5.50. The van der Waals surface area contributed by atoms with Crippen molar-refractivity contribution in [2.75, 3.05) is 12.3 Å². The van der Waals surface area contributed by atoms with Crippen molar-refractivity contribution in [1.29, 1.82) is 0 Å². The predicted molar refractivity (Wildman–Crippen MR) is 64.7 cm³/mol. The van der Waals surface area contributed by atoms with Crippen LogP contribution in [0.3, 0.4) is 0 Å². The molecule has 0 fully saturated rings. The summed E-state index contributed by atoms with van der Waals surface area (Å²) in [4.78, 5) is 22.0. The van der Waals surface area contributed by atoms with Crippen molar-refractivity contribution in [2.24, 2.45) is 5.73 Å². The van der Waals surface area contributed by atoms with Crippen molar-refractivity contribution in [3.8, 4) is 0 Å². The minimum atomic E-state index is -0.448. The fourth-order valence-corrected chi connectivity index (χ4v) is 1.33. The van der Waals surface area contributed by atoms with Crippen LogP contribution in [0, 0.1) is 0 Å². The Balaban J connectivity index is 2.59. The normalized spacial score (nSPS) is 9.81. The summed E-state index contributed by atoms with van der Waals surface area (Å²) >= 11 is 3.23. The quantitative estimate of drug-likeness (QED) is 0.708. The number of rotatable bonds is 4. The first-order chi connectivity index (χ1) is 7.50. The number of nitrogen functional groups attached to an aromatic ring is 1. The van der Waals surface area contributed by atoms with E-state index in [2.05, 4.69) is 21.2 Å². The smallest absolute Gasteiger partial charge is 0.251 e. The number of benzene rings is 1. The van der Waals surface area contributed by atoms with E-state index in [4.69, 9.17) is 11.5 Å². The third-order valence-corrected chi connectivity index (χ3v) is 2.64. The summed E-state index contributed by atoms with van der Waals surface area (Å²) in [5.74, 6) is -0.726. The molecule has 5 nitrogen and oxygen atoms in total. The lowest BCUT2D eigenvalue weighted by Gasteiger charge is -2.05. The molecule has 0 aliphatic heterocycles. The summed E-state index contributed by atoms with van der Waals surface area (Å²) in [6, 6.07) is 4.89. The number of primary amides is 1. The Bertz CT molecular complexity index is 421. The van der Waals surface area contributed by atoms with Gasteiger partial charge in [-0.3, -0.25) is 9.59 Å². The van der Waals surface area contributed by atoms with Crippen LogP contribution < -0.4 is 16.8 Å². The summed E-state index contributed by atoms with van der Waals surface area (Å²) in [5.41, 5.74) is 11.5. The molecule has 0 aromatic heterocycles. The lowest BCUT2D eigenvalue weighted by Crippen LogP contribution is -2.27. The van der Waals surface area contributed by atoms with Gasteiger partial charge < -0.3 is 16.8 Å². The molecule has 0 saturated heterocycles. The highest BCUT2D eigenvalue weighted by Crippen LogP contribution is 2.19. The fraction of sp³-hybridized carbons (Fsp3) is 0.200. The van der Waals surface area contributed by atoms with Crippen molar-refractivity contribution in [3.63, 3.8) is 0 Å². The van der Waals surface area contributed by atoms with Crippen LogP contribution in [0.5, 0.6) is 0 Å². The van der Waals surface area contributed by atoms with Gasteiger partial charge in [0.15, 0.2) is 0 Å². The van der Waals surface area contributed by atoms with Crippen LogP contribution in [-0.4, -0.2) is 18.4 Å². The van der Waals surface area contributed by atoms with E-state index in [9.17, 15) is 9.59 Å². The number of amides is 2. The molecular weight excluding hydrogens is 274 g/mol. The zero-order chi connectivity index (χ0) is 12.1. The molecule has 0 saturated carbocycles. The van der Waals surface area contributed by atoms with Crippen LogP contribution in [0.2, 0.25) is 0 Å². The average molecular weight is 286 g/mol. The minimum Gasteiger partial charge on any atom is -0.398 e. The molecule has 5 N–H and O–H groups in total. The molecule has 0 spiro atoms. The second-order valence-electron chi connectivity index (χ2n) is 3.21. The summed E-state index contributed by atoms with van der Waals surface area (Å²) in [5, 5.41) is 2.57. The van der Waals surface area contributed by atoms with Gasteiger partial charge in [0.05, 0.1) is 0 Å². The van der Waals surface area contributed by atoms with Gasteiger partial charge in [-0.25, -0.2) is 0 Å². The van der Waals surface area contributed by atoms with Gasteiger partial charge in [0, 0.05) is 28.7 Å². The van der Waals surface area contributed by atoms with E-state index in [0.29, 0.717) is 11.3 Å². The second-order valence-corrected chi connectivity index (χ2v) is 4.06. The summed E-state index contributed by atoms with van der Waals surface area (Å²) in [7, 11) is 0. The van der Waals surface area contributed by atoms with Crippen LogP contribution >= 0.6 is 15.9 Å². The Morgan fingerprint density at radius 1 is 1.38 bits per heavy atom. The van der Waals surface area contributed by atoms with Gasteiger partial charge in [-0.05, 0) is 34.1 Å². The molecule has 6 heteroatoms. The highest BCUT2D eigenvalue weighted by atomic mass is 79.9. The van der Waals surface area contributed by atoms with Crippen molar-refractivity contribution >= 4 is 33.4 Å². The van der Waals surface area contributed by atoms with Crippen molar-refractivity contribution in [2.45, 2.75) is 6.42 Å². The maximum Gasteiger partial charge on any atom is 0.251 e. The highest BCUT2D eigenvalue weighted by molar-refractivity contribution is 9.10. The zero-order valence-electron chi connectivity index (χ0n) is 8.50. The largest absolute Gasteiger partial charge is 0.398 e. The van der Waals surface area contributed by atoms with E-state index in [1.165, 1.54) is 0 Å². The third-order valence-electron chi connectivity index (χ3n) is 1.92. The number of hydrogen-bond donors (Lipinski definition) is 3. The molecule has 86 valence electrons. The van der Waals surface area contributed by atoms with Gasteiger partial charge in [-0.15, -0.1) is 0 Å². The first-order valence-corrected chi connectivity index (χ1v) is 5.41. The Hall–Kier alpha value is -1.56. The van der Waals surface area contributed by atoms with Crippen molar-refractivity contribution in [3.05, 3.63) is 28.2 Å². The van der Waals surface area contributed by atoms with Gasteiger partial charge in [0.2, 0.25) is 5.91 Å². The lowest BCUT2D eigenvalue weighted by atomic mass is 10.2. The molecule has 0 unspecified atom stereocenters. The van der Waals surface area contributed by atoms with Gasteiger partial charge >= 0.3 is 0 Å². The standard InChI is InChI=1S/C10H12BrN3O2/c11-7-2-1-6(5-8(7)12)10(16)14-4-3-9(13)15/h1-2,5H,3-4,12H2,(H2,13,15)(H,14,16). The van der Waals surface area contributed by atoms with Gasteiger partial charge in [0.25, 0.3) is 5.91 Å². The van der Waals surface area contributed by atoms with E-state index >= 15 is 0 Å². The minimum absolute atomic E-state index is 0.123. The molecular formula is C10H12BrN3O2.